The SMILES string of the molecule is Cc1[nH]nc(S(=O)(=O)N2CCCC2C)c1CN. The van der Waals surface area contributed by atoms with Crippen LogP contribution in [0, 0.1) is 6.92 Å². The molecule has 2 rings (SSSR count). The fraction of sp³-hybridized carbons (Fsp3) is 0.700. The number of aromatic nitrogens is 2. The summed E-state index contributed by atoms with van der Waals surface area (Å²) in [6, 6.07) is 0.0441. The number of nitrogens with two attached hydrogens (primary N) is 1. The number of aryl methyl sites for hydroxylation is 1. The molecule has 1 unspecified atom stereocenters. The summed E-state index contributed by atoms with van der Waals surface area (Å²) in [5.74, 6) is 0. The molecule has 0 aliphatic carbocycles. The molecule has 1 aliphatic heterocycles. The zero-order chi connectivity index (χ0) is 12.6. The fourth-order valence-electron chi connectivity index (χ4n) is 2.26. The first-order chi connectivity index (χ1) is 7.98. The second kappa shape index (κ2) is 4.40. The lowest BCUT2D eigenvalue weighted by atomic mass is 10.3. The Balaban J connectivity index is 2.44. The van der Waals surface area contributed by atoms with E-state index in [1.165, 1.54) is 4.31 Å². The summed E-state index contributed by atoms with van der Waals surface area (Å²) < 4.78 is 26.4. The first-order valence-electron chi connectivity index (χ1n) is 5.74. The van der Waals surface area contributed by atoms with Crippen LogP contribution >= 0.6 is 0 Å². The van der Waals surface area contributed by atoms with Crippen molar-refractivity contribution >= 4 is 10.0 Å². The minimum Gasteiger partial charge on any atom is -0.326 e. The highest BCUT2D eigenvalue weighted by molar-refractivity contribution is 7.89. The molecule has 1 fully saturated rings. The van der Waals surface area contributed by atoms with Gasteiger partial charge >= 0.3 is 0 Å². The van der Waals surface area contributed by atoms with Gasteiger partial charge in [-0.15, -0.1) is 0 Å². The minimum atomic E-state index is -3.50. The number of sulfonamides is 1. The van der Waals surface area contributed by atoms with Gasteiger partial charge in [0.2, 0.25) is 0 Å². The van der Waals surface area contributed by atoms with Crippen LogP contribution in [-0.2, 0) is 16.6 Å². The normalized spacial score (nSPS) is 22.2. The molecule has 17 heavy (non-hydrogen) atoms. The highest BCUT2D eigenvalue weighted by Gasteiger charge is 2.35. The molecule has 1 aromatic heterocycles. The van der Waals surface area contributed by atoms with Gasteiger partial charge in [-0.2, -0.15) is 9.40 Å². The first kappa shape index (κ1) is 12.5. The molecule has 2 heterocycles. The molecule has 6 nitrogen and oxygen atoms in total. The molecule has 7 heteroatoms. The third-order valence-corrected chi connectivity index (χ3v) is 5.27. The lowest BCUT2D eigenvalue weighted by Crippen LogP contribution is -2.34. The summed E-state index contributed by atoms with van der Waals surface area (Å²) in [5.41, 5.74) is 6.89. The Morgan fingerprint density at radius 1 is 1.59 bits per heavy atom. The Hall–Kier alpha value is -0.920. The van der Waals surface area contributed by atoms with Crippen molar-refractivity contribution in [2.24, 2.45) is 5.73 Å². The van der Waals surface area contributed by atoms with Crippen LogP contribution in [0.2, 0.25) is 0 Å². The monoisotopic (exact) mass is 258 g/mol. The molecule has 1 aromatic rings. The molecule has 0 amide bonds. The third-order valence-electron chi connectivity index (χ3n) is 3.29. The van der Waals surface area contributed by atoms with Gasteiger partial charge in [-0.25, -0.2) is 8.42 Å². The molecule has 1 atom stereocenters. The number of nitrogens with zero attached hydrogens (tertiary/aromatic N) is 2. The lowest BCUT2D eigenvalue weighted by molar-refractivity contribution is 0.405. The van der Waals surface area contributed by atoms with Gasteiger partial charge in [0.05, 0.1) is 0 Å². The highest BCUT2D eigenvalue weighted by atomic mass is 32.2. The van der Waals surface area contributed by atoms with Gasteiger partial charge < -0.3 is 5.73 Å². The van der Waals surface area contributed by atoms with E-state index >= 15 is 0 Å². The number of rotatable bonds is 3. The van der Waals surface area contributed by atoms with Gasteiger partial charge in [0.15, 0.2) is 5.03 Å². The predicted octanol–water partition coefficient (Wildman–Crippen LogP) is 0.350. The summed E-state index contributed by atoms with van der Waals surface area (Å²) in [7, 11) is -3.50. The highest BCUT2D eigenvalue weighted by Crippen LogP contribution is 2.27. The summed E-state index contributed by atoms with van der Waals surface area (Å²) in [5, 5.41) is 6.69. The van der Waals surface area contributed by atoms with Crippen LogP contribution in [-0.4, -0.2) is 35.5 Å². The van der Waals surface area contributed by atoms with Crippen molar-refractivity contribution in [3.8, 4) is 0 Å². The van der Waals surface area contributed by atoms with Gasteiger partial charge in [0.1, 0.15) is 0 Å². The average Bonchev–Trinajstić information content (AvgIpc) is 2.84. The molecule has 0 saturated carbocycles. The van der Waals surface area contributed by atoms with Crippen LogP contribution in [0.4, 0.5) is 0 Å². The van der Waals surface area contributed by atoms with Crippen molar-refractivity contribution < 1.29 is 8.42 Å². The largest absolute Gasteiger partial charge is 0.326 e. The Bertz CT molecular complexity index is 508. The van der Waals surface area contributed by atoms with Gasteiger partial charge in [-0.1, -0.05) is 0 Å². The van der Waals surface area contributed by atoms with Gasteiger partial charge in [-0.05, 0) is 26.7 Å². The zero-order valence-electron chi connectivity index (χ0n) is 10.1. The Morgan fingerprint density at radius 2 is 2.29 bits per heavy atom. The van der Waals surface area contributed by atoms with Gasteiger partial charge in [0.25, 0.3) is 10.0 Å². The van der Waals surface area contributed by atoms with Crippen LogP contribution < -0.4 is 5.73 Å². The summed E-state index contributed by atoms with van der Waals surface area (Å²) >= 11 is 0. The van der Waals surface area contributed by atoms with Crippen molar-refractivity contribution in [2.45, 2.75) is 44.3 Å². The van der Waals surface area contributed by atoms with E-state index in [2.05, 4.69) is 10.2 Å². The summed E-state index contributed by atoms with van der Waals surface area (Å²) in [6.45, 7) is 4.45. The fourth-order valence-corrected chi connectivity index (χ4v) is 4.14. The van der Waals surface area contributed by atoms with E-state index in [-0.39, 0.29) is 17.6 Å². The summed E-state index contributed by atoms with van der Waals surface area (Å²) in [6.07, 6.45) is 1.81. The molecule has 1 saturated heterocycles. The number of nitrogens with one attached hydrogen (secondary N) is 1. The molecule has 1 aliphatic rings. The van der Waals surface area contributed by atoms with E-state index in [9.17, 15) is 8.42 Å². The number of aromatic amines is 1. The maximum atomic E-state index is 12.4. The standard InChI is InChI=1S/C10H18N4O2S/c1-7-4-3-5-14(7)17(15,16)10-9(6-11)8(2)12-13-10/h7H,3-6,11H2,1-2H3,(H,12,13). The minimum absolute atomic E-state index is 0.0441. The number of H-pyrrole nitrogens is 1. The van der Waals surface area contributed by atoms with Crippen molar-refractivity contribution in [3.05, 3.63) is 11.3 Å². The molecular weight excluding hydrogens is 240 g/mol. The van der Waals surface area contributed by atoms with E-state index < -0.39 is 10.0 Å². The van der Waals surface area contributed by atoms with Crippen molar-refractivity contribution in [3.63, 3.8) is 0 Å². The predicted molar refractivity (Wildman–Crippen MR) is 63.8 cm³/mol. The van der Waals surface area contributed by atoms with Crippen LogP contribution in [0.5, 0.6) is 0 Å². The molecule has 3 N–H and O–H groups in total. The van der Waals surface area contributed by atoms with Crippen LogP contribution in [0.1, 0.15) is 31.0 Å². The van der Waals surface area contributed by atoms with E-state index in [1.54, 1.807) is 6.92 Å². The van der Waals surface area contributed by atoms with Crippen LogP contribution in [0.15, 0.2) is 5.03 Å². The second-order valence-corrected chi connectivity index (χ2v) is 6.25. The van der Waals surface area contributed by atoms with Crippen molar-refractivity contribution in [1.29, 1.82) is 0 Å². The summed E-state index contributed by atoms with van der Waals surface area (Å²) in [4.78, 5) is 0. The molecule has 0 radical (unpaired) electrons. The quantitative estimate of drug-likeness (QED) is 0.818. The Labute approximate surface area is 101 Å². The van der Waals surface area contributed by atoms with Gasteiger partial charge in [0, 0.05) is 30.4 Å². The first-order valence-corrected chi connectivity index (χ1v) is 7.18. The van der Waals surface area contributed by atoms with Crippen molar-refractivity contribution in [2.75, 3.05) is 6.54 Å². The van der Waals surface area contributed by atoms with Crippen molar-refractivity contribution in [1.82, 2.24) is 14.5 Å². The van der Waals surface area contributed by atoms with Gasteiger partial charge in [-0.3, -0.25) is 5.10 Å². The van der Waals surface area contributed by atoms with E-state index in [0.29, 0.717) is 12.1 Å². The molecule has 96 valence electrons. The smallest absolute Gasteiger partial charge is 0.262 e. The maximum absolute atomic E-state index is 12.4. The maximum Gasteiger partial charge on any atom is 0.262 e. The van der Waals surface area contributed by atoms with E-state index in [0.717, 1.165) is 18.5 Å². The number of hydrogen-bond acceptors (Lipinski definition) is 4. The Kier molecular flexibility index (Phi) is 3.24. The molecule has 0 aromatic carbocycles. The lowest BCUT2D eigenvalue weighted by Gasteiger charge is -2.20. The van der Waals surface area contributed by atoms with E-state index in [1.807, 2.05) is 6.92 Å². The number of hydrogen-bond donors (Lipinski definition) is 2. The zero-order valence-corrected chi connectivity index (χ0v) is 10.9. The average molecular weight is 258 g/mol. The molecule has 0 bridgehead atoms. The molecule has 0 spiro atoms. The second-order valence-electron chi connectivity index (χ2n) is 4.44. The molecular formula is C10H18N4O2S. The topological polar surface area (TPSA) is 92.1 Å². The third kappa shape index (κ3) is 1.98. The van der Waals surface area contributed by atoms with E-state index in [4.69, 9.17) is 5.73 Å². The Morgan fingerprint density at radius 3 is 2.82 bits per heavy atom. The van der Waals surface area contributed by atoms with Crippen LogP contribution in [0.3, 0.4) is 0 Å². The van der Waals surface area contributed by atoms with Crippen LogP contribution in [0.25, 0.3) is 0 Å².